The smallest absolute Gasteiger partial charge is 0.338 e. The number of alkyl halides is 3. The SMILES string of the molecule is Cc1cc(Br)cc(C(=O)NC2(C(F)(F)F)CC2)c1. The first kappa shape index (κ1) is 13.4. The standard InChI is InChI=1S/C12H11BrF3NO/c1-7-4-8(6-9(13)5-7)10(18)17-11(2-3-11)12(14,15)16/h4-6H,2-3H2,1H3,(H,17,18). The van der Waals surface area contributed by atoms with Crippen molar-refractivity contribution < 1.29 is 18.0 Å². The summed E-state index contributed by atoms with van der Waals surface area (Å²) in [6.07, 6.45) is -4.48. The van der Waals surface area contributed by atoms with Crippen LogP contribution in [0.2, 0.25) is 0 Å². The van der Waals surface area contributed by atoms with Gasteiger partial charge in [-0.3, -0.25) is 4.79 Å². The lowest BCUT2D eigenvalue weighted by Gasteiger charge is -2.20. The van der Waals surface area contributed by atoms with Crippen molar-refractivity contribution in [3.63, 3.8) is 0 Å². The Bertz CT molecular complexity index is 474. The maximum absolute atomic E-state index is 12.7. The van der Waals surface area contributed by atoms with Gasteiger partial charge in [0.25, 0.3) is 5.91 Å². The van der Waals surface area contributed by atoms with Gasteiger partial charge in [-0.05, 0) is 43.5 Å². The average Bonchev–Trinajstić information content (AvgIpc) is 2.96. The van der Waals surface area contributed by atoms with Crippen LogP contribution in [0.3, 0.4) is 0 Å². The molecular formula is C12H11BrF3NO. The highest BCUT2D eigenvalue weighted by molar-refractivity contribution is 9.10. The maximum Gasteiger partial charge on any atom is 0.411 e. The van der Waals surface area contributed by atoms with E-state index in [0.29, 0.717) is 4.47 Å². The van der Waals surface area contributed by atoms with Gasteiger partial charge in [-0.1, -0.05) is 15.9 Å². The summed E-state index contributed by atoms with van der Waals surface area (Å²) >= 11 is 3.21. The zero-order valence-corrected chi connectivity index (χ0v) is 11.2. The average molecular weight is 322 g/mol. The van der Waals surface area contributed by atoms with Gasteiger partial charge in [0.1, 0.15) is 5.54 Å². The topological polar surface area (TPSA) is 29.1 Å². The zero-order chi connectivity index (χ0) is 13.6. The Morgan fingerprint density at radius 3 is 2.39 bits per heavy atom. The van der Waals surface area contributed by atoms with Gasteiger partial charge in [0, 0.05) is 10.0 Å². The second-order valence-electron chi connectivity index (χ2n) is 4.55. The van der Waals surface area contributed by atoms with Gasteiger partial charge in [-0.15, -0.1) is 0 Å². The van der Waals surface area contributed by atoms with Crippen molar-refractivity contribution in [1.82, 2.24) is 5.32 Å². The van der Waals surface area contributed by atoms with Crippen LogP contribution in [0.25, 0.3) is 0 Å². The minimum atomic E-state index is -4.39. The Hall–Kier alpha value is -1.04. The van der Waals surface area contributed by atoms with Crippen LogP contribution in [-0.2, 0) is 0 Å². The molecule has 0 radical (unpaired) electrons. The minimum absolute atomic E-state index is 0.0464. The van der Waals surface area contributed by atoms with Crippen LogP contribution in [0, 0.1) is 6.92 Å². The number of carbonyl (C=O) groups is 1. The third-order valence-corrected chi connectivity index (χ3v) is 3.41. The molecule has 0 atom stereocenters. The molecule has 98 valence electrons. The molecule has 0 aromatic heterocycles. The number of hydrogen-bond acceptors (Lipinski definition) is 1. The third kappa shape index (κ3) is 2.53. The summed E-state index contributed by atoms with van der Waals surface area (Å²) in [6, 6.07) is 4.86. The molecule has 1 aromatic carbocycles. The fraction of sp³-hybridized carbons (Fsp3) is 0.417. The fourth-order valence-corrected chi connectivity index (χ4v) is 2.37. The predicted molar refractivity (Wildman–Crippen MR) is 64.4 cm³/mol. The number of hydrogen-bond donors (Lipinski definition) is 1. The van der Waals surface area contributed by atoms with E-state index in [9.17, 15) is 18.0 Å². The summed E-state index contributed by atoms with van der Waals surface area (Å²) in [6.45, 7) is 1.78. The van der Waals surface area contributed by atoms with E-state index >= 15 is 0 Å². The lowest BCUT2D eigenvalue weighted by molar-refractivity contribution is -0.163. The van der Waals surface area contributed by atoms with Crippen LogP contribution < -0.4 is 5.32 Å². The summed E-state index contributed by atoms with van der Waals surface area (Å²) in [4.78, 5) is 11.8. The van der Waals surface area contributed by atoms with Gasteiger partial charge >= 0.3 is 6.18 Å². The van der Waals surface area contributed by atoms with E-state index in [1.165, 1.54) is 6.07 Å². The summed E-state index contributed by atoms with van der Waals surface area (Å²) in [7, 11) is 0. The molecule has 18 heavy (non-hydrogen) atoms. The molecule has 1 aliphatic rings. The maximum atomic E-state index is 12.7. The molecule has 0 saturated heterocycles. The lowest BCUT2D eigenvalue weighted by atomic mass is 10.1. The van der Waals surface area contributed by atoms with E-state index in [0.717, 1.165) is 5.56 Å². The zero-order valence-electron chi connectivity index (χ0n) is 9.57. The second kappa shape index (κ2) is 4.26. The number of amides is 1. The predicted octanol–water partition coefficient (Wildman–Crippen LogP) is 3.58. The molecule has 1 fully saturated rings. The van der Waals surface area contributed by atoms with Gasteiger partial charge in [0.2, 0.25) is 0 Å². The number of aryl methyl sites for hydroxylation is 1. The molecule has 2 rings (SSSR count). The summed E-state index contributed by atoms with van der Waals surface area (Å²) in [5.41, 5.74) is -0.968. The van der Waals surface area contributed by atoms with Crippen LogP contribution >= 0.6 is 15.9 Å². The van der Waals surface area contributed by atoms with Crippen LogP contribution in [0.15, 0.2) is 22.7 Å². The lowest BCUT2D eigenvalue weighted by Crippen LogP contribution is -2.47. The number of benzene rings is 1. The van der Waals surface area contributed by atoms with E-state index in [4.69, 9.17) is 0 Å². The normalized spacial score (nSPS) is 17.4. The molecule has 0 unspecified atom stereocenters. The van der Waals surface area contributed by atoms with Gasteiger partial charge in [-0.25, -0.2) is 0 Å². The molecule has 0 aliphatic heterocycles. The Labute approximate surface area is 111 Å². The minimum Gasteiger partial charge on any atom is -0.338 e. The first-order valence-corrected chi connectivity index (χ1v) is 6.19. The quantitative estimate of drug-likeness (QED) is 0.886. The van der Waals surface area contributed by atoms with Gasteiger partial charge < -0.3 is 5.32 Å². The van der Waals surface area contributed by atoms with E-state index in [2.05, 4.69) is 21.2 Å². The fourth-order valence-electron chi connectivity index (χ4n) is 1.76. The van der Waals surface area contributed by atoms with Crippen molar-refractivity contribution >= 4 is 21.8 Å². The number of halogens is 4. The molecule has 1 amide bonds. The highest BCUT2D eigenvalue weighted by atomic mass is 79.9. The Kier molecular flexibility index (Phi) is 3.17. The van der Waals surface area contributed by atoms with E-state index in [1.807, 2.05) is 0 Å². The molecule has 1 aliphatic carbocycles. The molecular weight excluding hydrogens is 311 g/mol. The summed E-state index contributed by atoms with van der Waals surface area (Å²) < 4.78 is 38.8. The molecule has 6 heteroatoms. The van der Waals surface area contributed by atoms with Crippen molar-refractivity contribution in [2.75, 3.05) is 0 Å². The number of nitrogens with one attached hydrogen (secondary N) is 1. The van der Waals surface area contributed by atoms with Gasteiger partial charge in [0.15, 0.2) is 0 Å². The monoisotopic (exact) mass is 321 g/mol. The van der Waals surface area contributed by atoms with Crippen LogP contribution in [0.4, 0.5) is 13.2 Å². The van der Waals surface area contributed by atoms with Gasteiger partial charge in [0.05, 0.1) is 0 Å². The second-order valence-corrected chi connectivity index (χ2v) is 5.47. The molecule has 0 bridgehead atoms. The molecule has 1 saturated carbocycles. The Morgan fingerprint density at radius 2 is 1.94 bits per heavy atom. The van der Waals surface area contributed by atoms with E-state index < -0.39 is 17.6 Å². The van der Waals surface area contributed by atoms with Crippen LogP contribution in [-0.4, -0.2) is 17.6 Å². The number of carbonyl (C=O) groups excluding carboxylic acids is 1. The Morgan fingerprint density at radius 1 is 1.33 bits per heavy atom. The molecule has 1 N–H and O–H groups in total. The van der Waals surface area contributed by atoms with Crippen LogP contribution in [0.1, 0.15) is 28.8 Å². The first-order valence-electron chi connectivity index (χ1n) is 5.40. The Balaban J connectivity index is 2.18. The highest BCUT2D eigenvalue weighted by Gasteiger charge is 2.64. The highest BCUT2D eigenvalue weighted by Crippen LogP contribution is 2.49. The van der Waals surface area contributed by atoms with Crippen molar-refractivity contribution in [2.24, 2.45) is 0 Å². The van der Waals surface area contributed by atoms with Crippen LogP contribution in [0.5, 0.6) is 0 Å². The molecule has 1 aromatic rings. The van der Waals surface area contributed by atoms with Crippen molar-refractivity contribution in [3.8, 4) is 0 Å². The van der Waals surface area contributed by atoms with Crippen molar-refractivity contribution in [3.05, 3.63) is 33.8 Å². The largest absolute Gasteiger partial charge is 0.411 e. The third-order valence-electron chi connectivity index (χ3n) is 2.95. The summed E-state index contributed by atoms with van der Waals surface area (Å²) in [5.74, 6) is -0.686. The van der Waals surface area contributed by atoms with Crippen molar-refractivity contribution in [1.29, 1.82) is 0 Å². The molecule has 0 heterocycles. The first-order chi connectivity index (χ1) is 8.23. The molecule has 0 spiro atoms. The van der Waals surface area contributed by atoms with Gasteiger partial charge in [-0.2, -0.15) is 13.2 Å². The van der Waals surface area contributed by atoms with E-state index in [1.54, 1.807) is 19.1 Å². The van der Waals surface area contributed by atoms with Crippen molar-refractivity contribution in [2.45, 2.75) is 31.5 Å². The molecule has 2 nitrogen and oxygen atoms in total. The number of rotatable bonds is 2. The van der Waals surface area contributed by atoms with E-state index in [-0.39, 0.29) is 18.4 Å². The summed E-state index contributed by atoms with van der Waals surface area (Å²) in [5, 5.41) is 2.09.